The molecule has 0 radical (unpaired) electrons. The monoisotopic (exact) mass is 521 g/mol. The van der Waals surface area contributed by atoms with E-state index in [0.29, 0.717) is 22.3 Å². The molecule has 4 rings (SSSR count). The number of aromatic nitrogens is 1. The normalized spacial score (nSPS) is 14.8. The molecule has 0 N–H and O–H groups in total. The van der Waals surface area contributed by atoms with Gasteiger partial charge in [-0.25, -0.2) is 4.98 Å². The number of carbonyl (C=O) groups is 1. The Bertz CT molecular complexity index is 1100. The molecule has 0 aliphatic carbocycles. The lowest BCUT2D eigenvalue weighted by Crippen LogP contribution is -2.39. The van der Waals surface area contributed by atoms with Crippen molar-refractivity contribution < 1.29 is 9.53 Å². The molecule has 1 amide bonds. The quantitative estimate of drug-likeness (QED) is 0.417. The number of carbonyl (C=O) groups excluding carboxylic acids is 1. The molecular formula is C23H25BrClN3O2S. The number of thiazole rings is 1. The van der Waals surface area contributed by atoms with Gasteiger partial charge in [0.05, 0.1) is 34.0 Å². The van der Waals surface area contributed by atoms with E-state index in [0.717, 1.165) is 54.0 Å². The van der Waals surface area contributed by atoms with Crippen LogP contribution < -0.4 is 4.90 Å². The molecule has 5 nitrogen and oxygen atoms in total. The second kappa shape index (κ2) is 9.96. The zero-order chi connectivity index (χ0) is 22.0. The first-order valence-electron chi connectivity index (χ1n) is 10.4. The number of nitrogens with zero attached hydrogens (tertiary/aromatic N) is 3. The van der Waals surface area contributed by atoms with Crippen LogP contribution in [-0.2, 0) is 4.74 Å². The molecule has 1 aromatic heterocycles. The van der Waals surface area contributed by atoms with Crippen LogP contribution in [0.5, 0.6) is 0 Å². The topological polar surface area (TPSA) is 45.7 Å². The Kier molecular flexibility index (Phi) is 7.29. The van der Waals surface area contributed by atoms with Crippen LogP contribution >= 0.6 is 38.9 Å². The third-order valence-corrected chi connectivity index (χ3v) is 7.46. The standard InChI is InChI=1S/C23H25BrClN3O2S/c1-15-12-16(2)21-20(13-15)26-23(31-21)28(7-3-6-27-8-10-30-11-9-27)22(29)18-14-17(24)4-5-19(18)25/h4-5,12-14H,3,6-11H2,1-2H3. The Morgan fingerprint density at radius 3 is 2.81 bits per heavy atom. The highest BCUT2D eigenvalue weighted by molar-refractivity contribution is 9.10. The van der Waals surface area contributed by atoms with Crippen molar-refractivity contribution in [3.8, 4) is 0 Å². The molecule has 2 heterocycles. The molecule has 0 spiro atoms. The smallest absolute Gasteiger partial charge is 0.261 e. The molecule has 31 heavy (non-hydrogen) atoms. The fourth-order valence-corrected chi connectivity index (χ4v) is 5.45. The van der Waals surface area contributed by atoms with E-state index in [2.05, 4.69) is 46.8 Å². The summed E-state index contributed by atoms with van der Waals surface area (Å²) >= 11 is 11.4. The molecule has 1 aliphatic heterocycles. The van der Waals surface area contributed by atoms with Crippen LogP contribution in [0.25, 0.3) is 10.2 Å². The fraction of sp³-hybridized carbons (Fsp3) is 0.391. The van der Waals surface area contributed by atoms with Crippen LogP contribution in [0.4, 0.5) is 5.13 Å². The zero-order valence-corrected chi connectivity index (χ0v) is 20.8. The molecule has 0 atom stereocenters. The number of hydrogen-bond donors (Lipinski definition) is 0. The Labute approximate surface area is 200 Å². The second-order valence-corrected chi connectivity index (χ2v) is 10.1. The molecule has 0 bridgehead atoms. The third-order valence-electron chi connectivity index (χ3n) is 5.40. The van der Waals surface area contributed by atoms with Crippen molar-refractivity contribution in [1.82, 2.24) is 9.88 Å². The minimum absolute atomic E-state index is 0.123. The van der Waals surface area contributed by atoms with Gasteiger partial charge in [0.15, 0.2) is 5.13 Å². The van der Waals surface area contributed by atoms with Crippen LogP contribution in [0.2, 0.25) is 5.02 Å². The van der Waals surface area contributed by atoms with E-state index in [9.17, 15) is 4.79 Å². The molecule has 1 saturated heterocycles. The van der Waals surface area contributed by atoms with Crippen LogP contribution in [0.15, 0.2) is 34.8 Å². The van der Waals surface area contributed by atoms with E-state index in [1.165, 1.54) is 11.1 Å². The van der Waals surface area contributed by atoms with Crippen LogP contribution in [0, 0.1) is 13.8 Å². The lowest BCUT2D eigenvalue weighted by Gasteiger charge is -2.28. The Hall–Kier alpha value is -1.51. The number of hydrogen-bond acceptors (Lipinski definition) is 5. The number of rotatable bonds is 6. The second-order valence-electron chi connectivity index (χ2n) is 7.82. The predicted molar refractivity (Wildman–Crippen MR) is 132 cm³/mol. The van der Waals surface area contributed by atoms with E-state index in [4.69, 9.17) is 21.3 Å². The predicted octanol–water partition coefficient (Wildman–Crippen LogP) is 5.70. The van der Waals surface area contributed by atoms with Gasteiger partial charge >= 0.3 is 0 Å². The van der Waals surface area contributed by atoms with Crippen molar-refractivity contribution in [3.63, 3.8) is 0 Å². The molecule has 0 saturated carbocycles. The SMILES string of the molecule is Cc1cc(C)c2sc(N(CCCN3CCOCC3)C(=O)c3cc(Br)ccc3Cl)nc2c1. The Morgan fingerprint density at radius 2 is 2.03 bits per heavy atom. The lowest BCUT2D eigenvalue weighted by molar-refractivity contribution is 0.0376. The van der Waals surface area contributed by atoms with Crippen LogP contribution in [0.3, 0.4) is 0 Å². The average molecular weight is 523 g/mol. The van der Waals surface area contributed by atoms with Gasteiger partial charge in [0.1, 0.15) is 0 Å². The number of anilines is 1. The Balaban J connectivity index is 1.64. The van der Waals surface area contributed by atoms with Crippen LogP contribution in [0.1, 0.15) is 27.9 Å². The number of morpholine rings is 1. The maximum absolute atomic E-state index is 13.6. The number of ether oxygens (including phenoxy) is 1. The summed E-state index contributed by atoms with van der Waals surface area (Å²) in [5.74, 6) is -0.123. The van der Waals surface area contributed by atoms with Crippen molar-refractivity contribution in [2.75, 3.05) is 44.3 Å². The molecule has 2 aromatic carbocycles. The summed E-state index contributed by atoms with van der Waals surface area (Å²) < 4.78 is 7.38. The largest absolute Gasteiger partial charge is 0.379 e. The number of fused-ring (bicyclic) bond motifs is 1. The highest BCUT2D eigenvalue weighted by atomic mass is 79.9. The minimum Gasteiger partial charge on any atom is -0.379 e. The Morgan fingerprint density at radius 1 is 1.26 bits per heavy atom. The van der Waals surface area contributed by atoms with Crippen molar-refractivity contribution >= 4 is 60.1 Å². The molecule has 164 valence electrons. The van der Waals surface area contributed by atoms with Gasteiger partial charge < -0.3 is 4.74 Å². The molecule has 8 heteroatoms. The van der Waals surface area contributed by atoms with Crippen molar-refractivity contribution in [1.29, 1.82) is 0 Å². The summed E-state index contributed by atoms with van der Waals surface area (Å²) in [7, 11) is 0. The minimum atomic E-state index is -0.123. The first-order valence-corrected chi connectivity index (χ1v) is 12.4. The van der Waals surface area contributed by atoms with E-state index >= 15 is 0 Å². The molecule has 1 aliphatic rings. The van der Waals surface area contributed by atoms with Gasteiger partial charge in [-0.2, -0.15) is 0 Å². The maximum Gasteiger partial charge on any atom is 0.261 e. The fourth-order valence-electron chi connectivity index (χ4n) is 3.85. The van der Waals surface area contributed by atoms with Gasteiger partial charge in [-0.1, -0.05) is 44.9 Å². The molecular weight excluding hydrogens is 498 g/mol. The number of aryl methyl sites for hydroxylation is 2. The van der Waals surface area contributed by atoms with Gasteiger partial charge in [-0.05, 0) is 55.7 Å². The number of amides is 1. The lowest BCUT2D eigenvalue weighted by atomic mass is 10.1. The molecule has 0 unspecified atom stereocenters. The summed E-state index contributed by atoms with van der Waals surface area (Å²) in [6, 6.07) is 9.59. The van der Waals surface area contributed by atoms with Gasteiger partial charge in [0.25, 0.3) is 5.91 Å². The highest BCUT2D eigenvalue weighted by Gasteiger charge is 2.24. The van der Waals surface area contributed by atoms with E-state index in [-0.39, 0.29) is 5.91 Å². The molecule has 1 fully saturated rings. The molecule has 3 aromatic rings. The third kappa shape index (κ3) is 5.29. The number of halogens is 2. The van der Waals surface area contributed by atoms with Crippen molar-refractivity contribution in [3.05, 3.63) is 56.5 Å². The highest BCUT2D eigenvalue weighted by Crippen LogP contribution is 2.34. The van der Waals surface area contributed by atoms with Gasteiger partial charge in [0.2, 0.25) is 0 Å². The van der Waals surface area contributed by atoms with Gasteiger partial charge in [0, 0.05) is 30.7 Å². The first-order chi connectivity index (χ1) is 14.9. The summed E-state index contributed by atoms with van der Waals surface area (Å²) in [6.45, 7) is 9.07. The summed E-state index contributed by atoms with van der Waals surface area (Å²) in [5.41, 5.74) is 3.76. The van der Waals surface area contributed by atoms with Crippen LogP contribution in [-0.4, -0.2) is 55.2 Å². The summed E-state index contributed by atoms with van der Waals surface area (Å²) in [6.07, 6.45) is 0.852. The number of benzene rings is 2. The zero-order valence-electron chi connectivity index (χ0n) is 17.7. The maximum atomic E-state index is 13.6. The van der Waals surface area contributed by atoms with E-state index < -0.39 is 0 Å². The van der Waals surface area contributed by atoms with Gasteiger partial charge in [-0.15, -0.1) is 0 Å². The van der Waals surface area contributed by atoms with Crippen molar-refractivity contribution in [2.45, 2.75) is 20.3 Å². The van der Waals surface area contributed by atoms with Crippen molar-refractivity contribution in [2.24, 2.45) is 0 Å². The first kappa shape index (κ1) is 22.7. The van der Waals surface area contributed by atoms with E-state index in [1.54, 1.807) is 28.4 Å². The van der Waals surface area contributed by atoms with E-state index in [1.807, 2.05) is 6.07 Å². The van der Waals surface area contributed by atoms with Gasteiger partial charge in [-0.3, -0.25) is 14.6 Å². The average Bonchev–Trinajstić information content (AvgIpc) is 3.17. The summed E-state index contributed by atoms with van der Waals surface area (Å²) in [5, 5.41) is 1.16. The summed E-state index contributed by atoms with van der Waals surface area (Å²) in [4.78, 5) is 22.6.